The zero-order chi connectivity index (χ0) is 13.1. The predicted molar refractivity (Wildman–Crippen MR) is 73.8 cm³/mol. The van der Waals surface area contributed by atoms with Crippen LogP contribution in [0.4, 0.5) is 0 Å². The van der Waals surface area contributed by atoms with Gasteiger partial charge in [0.1, 0.15) is 5.75 Å². The lowest BCUT2D eigenvalue weighted by atomic mass is 10.2. The number of aryl methyl sites for hydroxylation is 2. The lowest BCUT2D eigenvalue weighted by Gasteiger charge is -2.10. The monoisotopic (exact) mass is 307 g/mol. The van der Waals surface area contributed by atoms with E-state index in [1.54, 1.807) is 6.20 Å². The Morgan fingerprint density at radius 2 is 2.06 bits per heavy atom. The van der Waals surface area contributed by atoms with Gasteiger partial charge in [0.25, 0.3) is 0 Å². The quantitative estimate of drug-likeness (QED) is 0.939. The molecule has 1 aromatic carbocycles. The molecule has 18 heavy (non-hydrogen) atoms. The molecule has 0 saturated carbocycles. The van der Waals surface area contributed by atoms with Crippen molar-refractivity contribution in [3.8, 4) is 11.6 Å². The molecule has 0 unspecified atom stereocenters. The molecule has 1 aromatic heterocycles. The molecule has 4 heteroatoms. The highest BCUT2D eigenvalue weighted by Gasteiger charge is 2.07. The number of pyridine rings is 1. The van der Waals surface area contributed by atoms with Gasteiger partial charge in [0.05, 0.1) is 11.1 Å². The molecule has 1 heterocycles. The highest BCUT2D eigenvalue weighted by molar-refractivity contribution is 9.10. The molecular weight excluding hydrogens is 294 g/mol. The fourth-order valence-electron chi connectivity index (χ4n) is 1.61. The van der Waals surface area contributed by atoms with E-state index in [1.165, 1.54) is 0 Å². The second-order valence-electron chi connectivity index (χ2n) is 4.16. The lowest BCUT2D eigenvalue weighted by Crippen LogP contribution is -1.94. The summed E-state index contributed by atoms with van der Waals surface area (Å²) in [6.45, 7) is 3.92. The van der Waals surface area contributed by atoms with Gasteiger partial charge in [-0.3, -0.25) is 0 Å². The number of hydrogen-bond acceptors (Lipinski definition) is 3. The zero-order valence-corrected chi connectivity index (χ0v) is 11.9. The Morgan fingerprint density at radius 3 is 2.67 bits per heavy atom. The van der Waals surface area contributed by atoms with Gasteiger partial charge in [-0.1, -0.05) is 6.07 Å². The maximum atomic E-state index is 9.03. The van der Waals surface area contributed by atoms with Crippen LogP contribution in [0.25, 0.3) is 0 Å². The Hall–Kier alpha value is -1.39. The SMILES string of the molecule is Cc1ccc(Oc2ncc(CO)cc2C)c(Br)c1. The zero-order valence-electron chi connectivity index (χ0n) is 10.3. The van der Waals surface area contributed by atoms with Gasteiger partial charge in [0, 0.05) is 11.8 Å². The molecule has 0 aliphatic rings. The van der Waals surface area contributed by atoms with Crippen LogP contribution in [0, 0.1) is 13.8 Å². The smallest absolute Gasteiger partial charge is 0.222 e. The maximum Gasteiger partial charge on any atom is 0.222 e. The molecule has 0 aliphatic carbocycles. The van der Waals surface area contributed by atoms with Crippen molar-refractivity contribution in [2.45, 2.75) is 20.5 Å². The van der Waals surface area contributed by atoms with E-state index in [0.29, 0.717) is 5.88 Å². The van der Waals surface area contributed by atoms with Gasteiger partial charge in [0.15, 0.2) is 0 Å². The van der Waals surface area contributed by atoms with Crippen LogP contribution >= 0.6 is 15.9 Å². The number of ether oxygens (including phenoxy) is 1. The van der Waals surface area contributed by atoms with E-state index in [-0.39, 0.29) is 6.61 Å². The highest BCUT2D eigenvalue weighted by Crippen LogP contribution is 2.30. The van der Waals surface area contributed by atoms with Gasteiger partial charge < -0.3 is 9.84 Å². The Balaban J connectivity index is 2.28. The number of aliphatic hydroxyl groups is 1. The van der Waals surface area contributed by atoms with Crippen LogP contribution in [0.1, 0.15) is 16.7 Å². The summed E-state index contributed by atoms with van der Waals surface area (Å²) in [6, 6.07) is 7.75. The van der Waals surface area contributed by atoms with E-state index in [9.17, 15) is 0 Å². The van der Waals surface area contributed by atoms with Gasteiger partial charge in [-0.25, -0.2) is 4.98 Å². The first-order valence-electron chi connectivity index (χ1n) is 5.60. The number of rotatable bonds is 3. The number of hydrogen-bond donors (Lipinski definition) is 1. The highest BCUT2D eigenvalue weighted by atomic mass is 79.9. The van der Waals surface area contributed by atoms with E-state index >= 15 is 0 Å². The van der Waals surface area contributed by atoms with Crippen molar-refractivity contribution in [1.82, 2.24) is 4.98 Å². The molecule has 0 spiro atoms. The van der Waals surface area contributed by atoms with E-state index in [2.05, 4.69) is 20.9 Å². The van der Waals surface area contributed by atoms with Crippen molar-refractivity contribution in [3.63, 3.8) is 0 Å². The Kier molecular flexibility index (Phi) is 3.99. The van der Waals surface area contributed by atoms with Crippen molar-refractivity contribution >= 4 is 15.9 Å². The minimum Gasteiger partial charge on any atom is -0.438 e. The van der Waals surface area contributed by atoms with Crippen molar-refractivity contribution < 1.29 is 9.84 Å². The molecule has 0 atom stereocenters. The molecule has 94 valence electrons. The largest absolute Gasteiger partial charge is 0.438 e. The Labute approximate surface area is 115 Å². The van der Waals surface area contributed by atoms with Crippen LogP contribution in [0.5, 0.6) is 11.6 Å². The van der Waals surface area contributed by atoms with Crippen molar-refractivity contribution in [3.05, 3.63) is 51.6 Å². The van der Waals surface area contributed by atoms with Crippen LogP contribution in [-0.4, -0.2) is 10.1 Å². The van der Waals surface area contributed by atoms with E-state index in [4.69, 9.17) is 9.84 Å². The van der Waals surface area contributed by atoms with Crippen molar-refractivity contribution in [1.29, 1.82) is 0 Å². The molecule has 0 saturated heterocycles. The minimum absolute atomic E-state index is 0.0116. The summed E-state index contributed by atoms with van der Waals surface area (Å²) in [6.07, 6.45) is 1.62. The van der Waals surface area contributed by atoms with Crippen LogP contribution in [0.3, 0.4) is 0 Å². The molecule has 3 nitrogen and oxygen atoms in total. The molecule has 2 aromatic rings. The summed E-state index contributed by atoms with van der Waals surface area (Å²) in [7, 11) is 0. The maximum absolute atomic E-state index is 9.03. The number of aromatic nitrogens is 1. The topological polar surface area (TPSA) is 42.4 Å². The number of aliphatic hydroxyl groups excluding tert-OH is 1. The molecule has 0 radical (unpaired) electrons. The number of benzene rings is 1. The third kappa shape index (κ3) is 2.89. The molecule has 2 rings (SSSR count). The van der Waals surface area contributed by atoms with Crippen LogP contribution in [0.15, 0.2) is 34.9 Å². The molecule has 0 bridgehead atoms. The fourth-order valence-corrected chi connectivity index (χ4v) is 2.18. The summed E-state index contributed by atoms with van der Waals surface area (Å²) < 4.78 is 6.65. The van der Waals surface area contributed by atoms with Crippen LogP contribution < -0.4 is 4.74 Å². The van der Waals surface area contributed by atoms with Crippen LogP contribution in [0.2, 0.25) is 0 Å². The summed E-state index contributed by atoms with van der Waals surface area (Å²) in [5.74, 6) is 1.28. The second kappa shape index (κ2) is 5.50. The van der Waals surface area contributed by atoms with E-state index < -0.39 is 0 Å². The van der Waals surface area contributed by atoms with E-state index in [1.807, 2.05) is 38.1 Å². The number of nitrogens with zero attached hydrogens (tertiary/aromatic N) is 1. The molecule has 0 fully saturated rings. The third-order valence-electron chi connectivity index (χ3n) is 2.56. The summed E-state index contributed by atoms with van der Waals surface area (Å²) >= 11 is 3.46. The summed E-state index contributed by atoms with van der Waals surface area (Å²) in [5.41, 5.74) is 2.84. The average Bonchev–Trinajstić information content (AvgIpc) is 2.34. The Bertz CT molecular complexity index is 570. The number of halogens is 1. The van der Waals surface area contributed by atoms with Crippen molar-refractivity contribution in [2.24, 2.45) is 0 Å². The first-order valence-corrected chi connectivity index (χ1v) is 6.40. The van der Waals surface area contributed by atoms with Gasteiger partial charge in [-0.2, -0.15) is 0 Å². The van der Waals surface area contributed by atoms with Gasteiger partial charge in [-0.05, 0) is 59.1 Å². The average molecular weight is 308 g/mol. The Morgan fingerprint density at radius 1 is 1.28 bits per heavy atom. The fraction of sp³-hybridized carbons (Fsp3) is 0.214. The van der Waals surface area contributed by atoms with Gasteiger partial charge in [-0.15, -0.1) is 0 Å². The van der Waals surface area contributed by atoms with Gasteiger partial charge in [0.2, 0.25) is 5.88 Å². The van der Waals surface area contributed by atoms with Crippen molar-refractivity contribution in [2.75, 3.05) is 0 Å². The predicted octanol–water partition coefficient (Wildman–Crippen LogP) is 3.75. The molecular formula is C14H14BrNO2. The second-order valence-corrected chi connectivity index (χ2v) is 5.01. The summed E-state index contributed by atoms with van der Waals surface area (Å²) in [4.78, 5) is 4.20. The normalized spacial score (nSPS) is 10.4. The molecule has 1 N–H and O–H groups in total. The standard InChI is InChI=1S/C14H14BrNO2/c1-9-3-4-13(12(15)5-9)18-14-10(2)6-11(8-17)7-16-14/h3-7,17H,8H2,1-2H3. The molecule has 0 aliphatic heterocycles. The first-order chi connectivity index (χ1) is 8.60. The van der Waals surface area contributed by atoms with Gasteiger partial charge >= 0.3 is 0 Å². The lowest BCUT2D eigenvalue weighted by molar-refractivity contribution is 0.281. The van der Waals surface area contributed by atoms with Crippen LogP contribution in [-0.2, 0) is 6.61 Å². The van der Waals surface area contributed by atoms with E-state index in [0.717, 1.165) is 26.9 Å². The first kappa shape index (κ1) is 13.1. The molecule has 0 amide bonds. The minimum atomic E-state index is -0.0116. The summed E-state index contributed by atoms with van der Waals surface area (Å²) in [5, 5.41) is 9.03. The third-order valence-corrected chi connectivity index (χ3v) is 3.18.